The Kier molecular flexibility index (Phi) is 5.72. The zero-order valence-electron chi connectivity index (χ0n) is 15.1. The molecule has 1 amide bonds. The standard InChI is InChI=1S/C20H22N2O4S/c1-15(23)18-7-9-19(10-8-18)27(25,26)21-12-17-11-20(24)22(14-17)13-16-5-3-2-4-6-16/h2-10,17,21H,11-14H2,1H3. The van der Waals surface area contributed by atoms with Crippen LogP contribution in [0.2, 0.25) is 0 Å². The average molecular weight is 386 g/mol. The molecule has 0 bridgehead atoms. The van der Waals surface area contributed by atoms with Crippen LogP contribution < -0.4 is 4.72 Å². The Bertz CT molecular complexity index is 924. The van der Waals surface area contributed by atoms with E-state index >= 15 is 0 Å². The number of carbonyl (C=O) groups excluding carboxylic acids is 2. The lowest BCUT2D eigenvalue weighted by atomic mass is 10.1. The van der Waals surface area contributed by atoms with Gasteiger partial charge in [0.05, 0.1) is 4.90 Å². The average Bonchev–Trinajstić information content (AvgIpc) is 3.01. The second-order valence-corrected chi connectivity index (χ2v) is 8.53. The predicted octanol–water partition coefficient (Wildman–Crippen LogP) is 2.22. The summed E-state index contributed by atoms with van der Waals surface area (Å²) in [5.74, 6) is -0.142. The van der Waals surface area contributed by atoms with E-state index in [0.717, 1.165) is 5.56 Å². The summed E-state index contributed by atoms with van der Waals surface area (Å²) >= 11 is 0. The predicted molar refractivity (Wildman–Crippen MR) is 102 cm³/mol. The lowest BCUT2D eigenvalue weighted by Gasteiger charge is -2.17. The van der Waals surface area contributed by atoms with Gasteiger partial charge in [-0.15, -0.1) is 0 Å². The largest absolute Gasteiger partial charge is 0.338 e. The fourth-order valence-electron chi connectivity index (χ4n) is 3.13. The molecule has 0 aliphatic carbocycles. The number of nitrogens with one attached hydrogen (secondary N) is 1. The van der Waals surface area contributed by atoms with Gasteiger partial charge < -0.3 is 4.90 Å². The molecule has 0 saturated carbocycles. The highest BCUT2D eigenvalue weighted by Crippen LogP contribution is 2.20. The normalized spacial score (nSPS) is 17.3. The van der Waals surface area contributed by atoms with E-state index in [0.29, 0.717) is 25.1 Å². The van der Waals surface area contributed by atoms with Crippen molar-refractivity contribution in [1.82, 2.24) is 9.62 Å². The number of benzene rings is 2. The van der Waals surface area contributed by atoms with E-state index in [-0.39, 0.29) is 29.0 Å². The maximum atomic E-state index is 12.4. The van der Waals surface area contributed by atoms with Crippen molar-refractivity contribution in [2.45, 2.75) is 24.8 Å². The molecule has 0 spiro atoms. The van der Waals surface area contributed by atoms with Crippen LogP contribution in [0.5, 0.6) is 0 Å². The van der Waals surface area contributed by atoms with Crippen LogP contribution in [0.25, 0.3) is 0 Å². The van der Waals surface area contributed by atoms with Crippen LogP contribution >= 0.6 is 0 Å². The lowest BCUT2D eigenvalue weighted by molar-refractivity contribution is -0.128. The van der Waals surface area contributed by atoms with E-state index < -0.39 is 10.0 Å². The Labute approximate surface area is 159 Å². The first-order valence-electron chi connectivity index (χ1n) is 8.77. The van der Waals surface area contributed by atoms with Gasteiger partial charge in [-0.25, -0.2) is 13.1 Å². The number of hydrogen-bond acceptors (Lipinski definition) is 4. The number of likely N-dealkylation sites (tertiary alicyclic amines) is 1. The summed E-state index contributed by atoms with van der Waals surface area (Å²) in [6.07, 6.45) is 0.332. The van der Waals surface area contributed by atoms with Crippen molar-refractivity contribution >= 4 is 21.7 Å². The van der Waals surface area contributed by atoms with Crippen LogP contribution in [0, 0.1) is 5.92 Å². The summed E-state index contributed by atoms with van der Waals surface area (Å²) in [5.41, 5.74) is 1.52. The molecule has 27 heavy (non-hydrogen) atoms. The van der Waals surface area contributed by atoms with E-state index in [1.54, 1.807) is 4.90 Å². The zero-order valence-corrected chi connectivity index (χ0v) is 15.9. The van der Waals surface area contributed by atoms with Gasteiger partial charge in [-0.1, -0.05) is 42.5 Å². The molecule has 142 valence electrons. The molecule has 1 unspecified atom stereocenters. The molecular weight excluding hydrogens is 364 g/mol. The SMILES string of the molecule is CC(=O)c1ccc(S(=O)(=O)NCC2CC(=O)N(Cc3ccccc3)C2)cc1. The first-order chi connectivity index (χ1) is 12.8. The van der Waals surface area contributed by atoms with Gasteiger partial charge in [0.15, 0.2) is 5.78 Å². The molecule has 2 aromatic carbocycles. The molecule has 0 aromatic heterocycles. The maximum absolute atomic E-state index is 12.4. The minimum absolute atomic E-state index is 0.0360. The Morgan fingerprint density at radius 3 is 2.41 bits per heavy atom. The van der Waals surface area contributed by atoms with Gasteiger partial charge in [-0.2, -0.15) is 0 Å². The minimum atomic E-state index is -3.68. The number of hydrogen-bond donors (Lipinski definition) is 1. The number of ketones is 1. The van der Waals surface area contributed by atoms with Gasteiger partial charge in [0.25, 0.3) is 0 Å². The van der Waals surface area contributed by atoms with Gasteiger partial charge in [0.2, 0.25) is 15.9 Å². The van der Waals surface area contributed by atoms with Crippen LogP contribution in [0.4, 0.5) is 0 Å². The number of amides is 1. The third kappa shape index (κ3) is 4.81. The van der Waals surface area contributed by atoms with Crippen molar-refractivity contribution in [2.75, 3.05) is 13.1 Å². The number of rotatable bonds is 7. The number of carbonyl (C=O) groups is 2. The van der Waals surface area contributed by atoms with Crippen LogP contribution in [0.15, 0.2) is 59.5 Å². The number of nitrogens with zero attached hydrogens (tertiary/aromatic N) is 1. The number of Topliss-reactive ketones (excluding diaryl/α,β-unsaturated/α-hetero) is 1. The maximum Gasteiger partial charge on any atom is 0.240 e. The molecule has 1 fully saturated rings. The number of sulfonamides is 1. The van der Waals surface area contributed by atoms with Crippen LogP contribution in [0.3, 0.4) is 0 Å². The van der Waals surface area contributed by atoms with Gasteiger partial charge in [-0.05, 0) is 30.5 Å². The second kappa shape index (κ2) is 8.02. The molecule has 1 atom stereocenters. The van der Waals surface area contributed by atoms with Gasteiger partial charge >= 0.3 is 0 Å². The fraction of sp³-hybridized carbons (Fsp3) is 0.300. The molecule has 1 aliphatic heterocycles. The molecule has 1 saturated heterocycles. The second-order valence-electron chi connectivity index (χ2n) is 6.76. The molecule has 1 aliphatic rings. The smallest absolute Gasteiger partial charge is 0.240 e. The molecule has 7 heteroatoms. The highest BCUT2D eigenvalue weighted by molar-refractivity contribution is 7.89. The van der Waals surface area contributed by atoms with Gasteiger partial charge in [-0.3, -0.25) is 9.59 Å². The molecule has 6 nitrogen and oxygen atoms in total. The summed E-state index contributed by atoms with van der Waals surface area (Å²) in [5, 5.41) is 0. The summed E-state index contributed by atoms with van der Waals surface area (Å²) in [4.78, 5) is 25.4. The van der Waals surface area contributed by atoms with Crippen LogP contribution in [-0.2, 0) is 21.4 Å². The lowest BCUT2D eigenvalue weighted by Crippen LogP contribution is -2.31. The summed E-state index contributed by atoms with van der Waals surface area (Å²) in [7, 11) is -3.68. The molecule has 1 N–H and O–H groups in total. The zero-order chi connectivity index (χ0) is 19.4. The summed E-state index contributed by atoms with van der Waals surface area (Å²) < 4.78 is 27.4. The van der Waals surface area contributed by atoms with Crippen molar-refractivity contribution < 1.29 is 18.0 Å². The van der Waals surface area contributed by atoms with E-state index in [1.165, 1.54) is 31.2 Å². The van der Waals surface area contributed by atoms with E-state index in [9.17, 15) is 18.0 Å². The van der Waals surface area contributed by atoms with Crippen molar-refractivity contribution in [2.24, 2.45) is 5.92 Å². The minimum Gasteiger partial charge on any atom is -0.338 e. The Morgan fingerprint density at radius 1 is 1.11 bits per heavy atom. The van der Waals surface area contributed by atoms with Crippen molar-refractivity contribution in [3.8, 4) is 0 Å². The van der Waals surface area contributed by atoms with Gasteiger partial charge in [0.1, 0.15) is 0 Å². The van der Waals surface area contributed by atoms with Gasteiger partial charge in [0, 0.05) is 31.6 Å². The first-order valence-corrected chi connectivity index (χ1v) is 10.3. The molecule has 3 rings (SSSR count). The van der Waals surface area contributed by atoms with Crippen molar-refractivity contribution in [3.05, 3.63) is 65.7 Å². The highest BCUT2D eigenvalue weighted by Gasteiger charge is 2.30. The third-order valence-corrected chi connectivity index (χ3v) is 6.08. The third-order valence-electron chi connectivity index (χ3n) is 4.64. The van der Waals surface area contributed by atoms with Crippen LogP contribution in [0.1, 0.15) is 29.3 Å². The summed E-state index contributed by atoms with van der Waals surface area (Å²) in [6, 6.07) is 15.5. The van der Waals surface area contributed by atoms with Crippen LogP contribution in [-0.4, -0.2) is 38.1 Å². The molecule has 1 heterocycles. The first kappa shape index (κ1) is 19.3. The van der Waals surface area contributed by atoms with E-state index in [1.807, 2.05) is 30.3 Å². The Balaban J connectivity index is 1.58. The quantitative estimate of drug-likeness (QED) is 0.740. The monoisotopic (exact) mass is 386 g/mol. The molecule has 0 radical (unpaired) electrons. The highest BCUT2D eigenvalue weighted by atomic mass is 32.2. The van der Waals surface area contributed by atoms with E-state index in [4.69, 9.17) is 0 Å². The Morgan fingerprint density at radius 2 is 1.78 bits per heavy atom. The van der Waals surface area contributed by atoms with E-state index in [2.05, 4.69) is 4.72 Å². The fourth-order valence-corrected chi connectivity index (χ4v) is 4.24. The molecular formula is C20H22N2O4S. The Hall–Kier alpha value is -2.51. The van der Waals surface area contributed by atoms with Crippen molar-refractivity contribution in [1.29, 1.82) is 0 Å². The summed E-state index contributed by atoms with van der Waals surface area (Å²) in [6.45, 7) is 2.70. The topological polar surface area (TPSA) is 83.5 Å². The van der Waals surface area contributed by atoms with Crippen molar-refractivity contribution in [3.63, 3.8) is 0 Å². The molecule has 2 aromatic rings.